The van der Waals surface area contributed by atoms with Crippen molar-refractivity contribution in [2.75, 3.05) is 51.3 Å². The molecule has 2 heterocycles. The molecule has 0 aromatic heterocycles. The molecule has 2 aliphatic heterocycles. The molecule has 4 nitrogen and oxygen atoms in total. The van der Waals surface area contributed by atoms with Gasteiger partial charge in [-0.25, -0.2) is 0 Å². The molecule has 162 valence electrons. The highest BCUT2D eigenvalue weighted by molar-refractivity contribution is 5.85. The number of anilines is 1. The lowest BCUT2D eigenvalue weighted by atomic mass is 10.00. The Bertz CT molecular complexity index is 999. The Balaban J connectivity index is 1.15. The maximum Gasteiger partial charge on any atom is 0.142 e. The summed E-state index contributed by atoms with van der Waals surface area (Å²) in [6.07, 6.45) is 2.55. The largest absolute Gasteiger partial charge is 0.495 e. The van der Waals surface area contributed by atoms with Crippen LogP contribution in [-0.2, 0) is 6.54 Å². The number of methoxy groups -OCH3 is 1. The molecule has 0 unspecified atom stereocenters. The number of hydrogen-bond donors (Lipinski definition) is 0. The van der Waals surface area contributed by atoms with Crippen LogP contribution in [0.4, 0.5) is 5.69 Å². The van der Waals surface area contributed by atoms with Crippen LogP contribution in [-0.4, -0.2) is 62.2 Å². The fraction of sp³-hybridized carbons (Fsp3) is 0.407. The zero-order chi connectivity index (χ0) is 21.0. The van der Waals surface area contributed by atoms with Gasteiger partial charge in [-0.05, 0) is 54.4 Å². The predicted molar refractivity (Wildman–Crippen MR) is 129 cm³/mol. The second kappa shape index (κ2) is 9.29. The van der Waals surface area contributed by atoms with E-state index < -0.39 is 0 Å². The molecule has 0 atom stereocenters. The highest BCUT2D eigenvalue weighted by atomic mass is 16.5. The Hall–Kier alpha value is -2.56. The number of piperidine rings is 1. The summed E-state index contributed by atoms with van der Waals surface area (Å²) in [5.74, 6) is 0.984. The normalized spacial score (nSPS) is 19.1. The van der Waals surface area contributed by atoms with Crippen molar-refractivity contribution in [1.29, 1.82) is 0 Å². The minimum atomic E-state index is 0.726. The van der Waals surface area contributed by atoms with Crippen molar-refractivity contribution in [1.82, 2.24) is 9.80 Å². The van der Waals surface area contributed by atoms with Gasteiger partial charge in [-0.3, -0.25) is 9.80 Å². The highest BCUT2D eigenvalue weighted by Crippen LogP contribution is 2.29. The van der Waals surface area contributed by atoms with Gasteiger partial charge in [-0.2, -0.15) is 0 Å². The van der Waals surface area contributed by atoms with Crippen molar-refractivity contribution in [2.45, 2.75) is 25.4 Å². The summed E-state index contributed by atoms with van der Waals surface area (Å²) in [7, 11) is 1.76. The summed E-state index contributed by atoms with van der Waals surface area (Å²) in [5.41, 5.74) is 2.69. The number of piperazine rings is 1. The van der Waals surface area contributed by atoms with E-state index in [0.717, 1.165) is 44.5 Å². The van der Waals surface area contributed by atoms with Crippen molar-refractivity contribution in [3.8, 4) is 5.75 Å². The van der Waals surface area contributed by atoms with Gasteiger partial charge in [0.05, 0.1) is 12.8 Å². The Kier molecular flexibility index (Phi) is 6.10. The summed E-state index contributed by atoms with van der Waals surface area (Å²) < 4.78 is 5.57. The van der Waals surface area contributed by atoms with Crippen molar-refractivity contribution in [2.24, 2.45) is 0 Å². The number of hydrogen-bond acceptors (Lipinski definition) is 4. The van der Waals surface area contributed by atoms with Crippen LogP contribution >= 0.6 is 0 Å². The Morgan fingerprint density at radius 1 is 0.774 bits per heavy atom. The molecule has 0 saturated carbocycles. The highest BCUT2D eigenvalue weighted by Gasteiger charge is 2.28. The number of nitrogens with zero attached hydrogens (tertiary/aromatic N) is 3. The standard InChI is InChI=1S/C27H33N3O/c1-31-27-12-5-4-11-26(27)30-19-17-29(18-20-30)24-13-15-28(16-14-24)21-23-9-6-8-22-7-2-3-10-25(22)23/h2-12,24H,13-21H2,1H3. The lowest BCUT2D eigenvalue weighted by molar-refractivity contribution is 0.0999. The average Bonchev–Trinajstić information content (AvgIpc) is 2.85. The van der Waals surface area contributed by atoms with Crippen molar-refractivity contribution >= 4 is 16.5 Å². The minimum absolute atomic E-state index is 0.726. The number of ether oxygens (including phenoxy) is 1. The van der Waals surface area contributed by atoms with E-state index in [2.05, 4.69) is 75.4 Å². The topological polar surface area (TPSA) is 19.0 Å². The number of likely N-dealkylation sites (tertiary alicyclic amines) is 1. The molecule has 31 heavy (non-hydrogen) atoms. The zero-order valence-corrected chi connectivity index (χ0v) is 18.5. The molecule has 2 aliphatic rings. The smallest absolute Gasteiger partial charge is 0.142 e. The van der Waals surface area contributed by atoms with E-state index in [9.17, 15) is 0 Å². The van der Waals surface area contributed by atoms with Gasteiger partial charge in [0.15, 0.2) is 0 Å². The van der Waals surface area contributed by atoms with Crippen molar-refractivity contribution < 1.29 is 4.74 Å². The maximum atomic E-state index is 5.57. The molecule has 0 spiro atoms. The molecular formula is C27H33N3O. The number of para-hydroxylation sites is 2. The lowest BCUT2D eigenvalue weighted by Crippen LogP contribution is -2.53. The fourth-order valence-corrected chi connectivity index (χ4v) is 5.33. The quantitative estimate of drug-likeness (QED) is 0.604. The van der Waals surface area contributed by atoms with Crippen LogP contribution in [0.2, 0.25) is 0 Å². The SMILES string of the molecule is COc1ccccc1N1CCN(C2CCN(Cc3cccc4ccccc34)CC2)CC1. The van der Waals surface area contributed by atoms with E-state index in [1.54, 1.807) is 7.11 Å². The summed E-state index contributed by atoms with van der Waals surface area (Å²) in [5, 5.41) is 2.75. The molecule has 2 fully saturated rings. The molecule has 0 bridgehead atoms. The molecule has 0 radical (unpaired) electrons. The molecule has 5 rings (SSSR count). The number of fused-ring (bicyclic) bond motifs is 1. The first-order valence-corrected chi connectivity index (χ1v) is 11.6. The van der Waals surface area contributed by atoms with E-state index in [1.807, 2.05) is 6.07 Å². The third kappa shape index (κ3) is 4.41. The van der Waals surface area contributed by atoms with Gasteiger partial charge in [0, 0.05) is 38.8 Å². The van der Waals surface area contributed by atoms with E-state index in [0.29, 0.717) is 0 Å². The first-order chi connectivity index (χ1) is 15.3. The van der Waals surface area contributed by atoms with Crippen LogP contribution in [0.1, 0.15) is 18.4 Å². The van der Waals surface area contributed by atoms with Crippen LogP contribution in [0.25, 0.3) is 10.8 Å². The lowest BCUT2D eigenvalue weighted by Gasteiger charge is -2.43. The molecule has 2 saturated heterocycles. The van der Waals surface area contributed by atoms with Gasteiger partial charge in [0.25, 0.3) is 0 Å². The Morgan fingerprint density at radius 2 is 1.48 bits per heavy atom. The van der Waals surface area contributed by atoms with Gasteiger partial charge in [-0.15, -0.1) is 0 Å². The second-order valence-electron chi connectivity index (χ2n) is 8.84. The summed E-state index contributed by atoms with van der Waals surface area (Å²) in [4.78, 5) is 7.84. The predicted octanol–water partition coefficient (Wildman–Crippen LogP) is 4.64. The minimum Gasteiger partial charge on any atom is -0.495 e. The van der Waals surface area contributed by atoms with E-state index in [4.69, 9.17) is 4.74 Å². The van der Waals surface area contributed by atoms with Gasteiger partial charge in [0.2, 0.25) is 0 Å². The van der Waals surface area contributed by atoms with Crippen molar-refractivity contribution in [3.05, 3.63) is 72.3 Å². The van der Waals surface area contributed by atoms with Crippen LogP contribution in [0.5, 0.6) is 5.75 Å². The third-order valence-corrected chi connectivity index (χ3v) is 7.09. The summed E-state index contributed by atoms with van der Waals surface area (Å²) >= 11 is 0. The first kappa shape index (κ1) is 20.3. The summed E-state index contributed by atoms with van der Waals surface area (Å²) in [6, 6.07) is 24.6. The summed E-state index contributed by atoms with van der Waals surface area (Å²) in [6.45, 7) is 7.90. The van der Waals surface area contributed by atoms with Crippen LogP contribution in [0, 0.1) is 0 Å². The van der Waals surface area contributed by atoms with Crippen LogP contribution in [0.3, 0.4) is 0 Å². The third-order valence-electron chi connectivity index (χ3n) is 7.09. The zero-order valence-electron chi connectivity index (χ0n) is 18.5. The first-order valence-electron chi connectivity index (χ1n) is 11.6. The number of rotatable bonds is 5. The monoisotopic (exact) mass is 415 g/mol. The van der Waals surface area contributed by atoms with E-state index in [1.165, 1.54) is 48.0 Å². The van der Waals surface area contributed by atoms with Crippen molar-refractivity contribution in [3.63, 3.8) is 0 Å². The number of benzene rings is 3. The van der Waals surface area contributed by atoms with Crippen LogP contribution < -0.4 is 9.64 Å². The van der Waals surface area contributed by atoms with E-state index in [-0.39, 0.29) is 0 Å². The molecule has 3 aromatic carbocycles. The Labute approximate surface area is 186 Å². The average molecular weight is 416 g/mol. The fourth-order valence-electron chi connectivity index (χ4n) is 5.33. The molecule has 0 amide bonds. The molecule has 4 heteroatoms. The van der Waals surface area contributed by atoms with Gasteiger partial charge >= 0.3 is 0 Å². The second-order valence-corrected chi connectivity index (χ2v) is 8.84. The molecule has 0 N–H and O–H groups in total. The van der Waals surface area contributed by atoms with Gasteiger partial charge < -0.3 is 9.64 Å². The van der Waals surface area contributed by atoms with Crippen LogP contribution in [0.15, 0.2) is 66.7 Å². The molecular weight excluding hydrogens is 382 g/mol. The maximum absolute atomic E-state index is 5.57. The van der Waals surface area contributed by atoms with E-state index >= 15 is 0 Å². The van der Waals surface area contributed by atoms with Gasteiger partial charge in [0.1, 0.15) is 5.75 Å². The Morgan fingerprint density at radius 3 is 2.29 bits per heavy atom. The molecule has 0 aliphatic carbocycles. The molecule has 3 aromatic rings. The van der Waals surface area contributed by atoms with Gasteiger partial charge in [-0.1, -0.05) is 54.6 Å².